The molecule has 2 heterocycles. The SMILES string of the molecule is O=C([O-])CCCC[C@@H]1CCSS1.O=C([O-])CCCC[C@@H]1CCSS1.[Mg+2]. The molecule has 0 aromatic carbocycles. The van der Waals surface area contributed by atoms with Gasteiger partial charge in [0, 0.05) is 33.9 Å². The van der Waals surface area contributed by atoms with Crippen LogP contribution in [0.15, 0.2) is 0 Å². The van der Waals surface area contributed by atoms with E-state index in [1.807, 2.05) is 43.2 Å². The Morgan fingerprint density at radius 2 is 1.16 bits per heavy atom. The molecule has 4 nitrogen and oxygen atoms in total. The van der Waals surface area contributed by atoms with Gasteiger partial charge in [-0.3, -0.25) is 0 Å². The summed E-state index contributed by atoms with van der Waals surface area (Å²) in [4.78, 5) is 20.1. The van der Waals surface area contributed by atoms with Gasteiger partial charge in [-0.05, 0) is 51.4 Å². The fraction of sp³-hybridized carbons (Fsp3) is 0.875. The van der Waals surface area contributed by atoms with Gasteiger partial charge in [-0.25, -0.2) is 0 Å². The predicted octanol–water partition coefficient (Wildman–Crippen LogP) is 2.52. The number of unbranched alkanes of at least 4 members (excludes halogenated alkanes) is 2. The Labute approximate surface area is 183 Å². The summed E-state index contributed by atoms with van der Waals surface area (Å²) in [7, 11) is 7.78. The number of hydrogen-bond acceptors (Lipinski definition) is 8. The first-order chi connectivity index (χ1) is 11.6. The Bertz CT molecular complexity index is 328. The molecule has 0 N–H and O–H groups in total. The molecule has 2 rings (SSSR count). The number of carboxylic acids is 2. The van der Waals surface area contributed by atoms with E-state index >= 15 is 0 Å². The average Bonchev–Trinajstić information content (AvgIpc) is 3.22. The van der Waals surface area contributed by atoms with Gasteiger partial charge in [0.15, 0.2) is 0 Å². The van der Waals surface area contributed by atoms with E-state index in [0.29, 0.717) is 0 Å². The molecule has 0 aromatic rings. The first kappa shape index (κ1) is 26.1. The molecule has 0 spiro atoms. The van der Waals surface area contributed by atoms with E-state index in [9.17, 15) is 19.8 Å². The third kappa shape index (κ3) is 15.8. The summed E-state index contributed by atoms with van der Waals surface area (Å²) in [5.41, 5.74) is 0. The van der Waals surface area contributed by atoms with E-state index in [1.54, 1.807) is 0 Å². The van der Waals surface area contributed by atoms with Crippen LogP contribution in [0.5, 0.6) is 0 Å². The van der Waals surface area contributed by atoms with Crippen molar-refractivity contribution in [3.05, 3.63) is 0 Å². The van der Waals surface area contributed by atoms with Crippen molar-refractivity contribution in [2.45, 2.75) is 74.7 Å². The second-order valence-corrected chi connectivity index (χ2v) is 11.5. The average molecular weight is 435 g/mol. The maximum absolute atomic E-state index is 10.1. The zero-order chi connectivity index (χ0) is 17.6. The number of carbonyl (C=O) groups is 2. The molecule has 0 radical (unpaired) electrons. The van der Waals surface area contributed by atoms with Crippen molar-refractivity contribution < 1.29 is 19.8 Å². The number of aliphatic carboxylic acids is 2. The van der Waals surface area contributed by atoms with Crippen LogP contribution in [0, 0.1) is 0 Å². The standard InChI is InChI=1S/2C8H14O2S2.Mg/c2*9-8(10)4-2-1-3-7-5-6-11-12-7;/h2*7H,1-6H2,(H,9,10);/q;;+2/p-2/t2*7-;/m11./s1. The van der Waals surface area contributed by atoms with Crippen LogP contribution < -0.4 is 10.2 Å². The van der Waals surface area contributed by atoms with Crippen LogP contribution in [0.25, 0.3) is 0 Å². The summed E-state index contributed by atoms with van der Waals surface area (Å²) in [6.45, 7) is 0. The molecule has 2 atom stereocenters. The number of carbonyl (C=O) groups excluding carboxylic acids is 2. The van der Waals surface area contributed by atoms with Crippen molar-refractivity contribution in [3.63, 3.8) is 0 Å². The van der Waals surface area contributed by atoms with E-state index in [-0.39, 0.29) is 35.9 Å². The van der Waals surface area contributed by atoms with Gasteiger partial charge < -0.3 is 19.8 Å². The summed E-state index contributed by atoms with van der Waals surface area (Å²) in [5.74, 6) is 0.693. The van der Waals surface area contributed by atoms with Gasteiger partial charge in [0.25, 0.3) is 0 Å². The van der Waals surface area contributed by atoms with Gasteiger partial charge in [0.05, 0.1) is 0 Å². The summed E-state index contributed by atoms with van der Waals surface area (Å²) in [6, 6.07) is 0. The van der Waals surface area contributed by atoms with Crippen molar-refractivity contribution in [3.8, 4) is 0 Å². The van der Waals surface area contributed by atoms with Gasteiger partial charge in [-0.15, -0.1) is 0 Å². The smallest absolute Gasteiger partial charge is 0.550 e. The van der Waals surface area contributed by atoms with Crippen LogP contribution >= 0.6 is 43.2 Å². The topological polar surface area (TPSA) is 80.3 Å². The Balaban J connectivity index is 0.000000443. The monoisotopic (exact) mass is 434 g/mol. The molecule has 25 heavy (non-hydrogen) atoms. The Morgan fingerprint density at radius 3 is 1.44 bits per heavy atom. The molecule has 0 aliphatic carbocycles. The Morgan fingerprint density at radius 1 is 0.760 bits per heavy atom. The van der Waals surface area contributed by atoms with Crippen LogP contribution in [0.1, 0.15) is 64.2 Å². The second kappa shape index (κ2) is 17.2. The van der Waals surface area contributed by atoms with Crippen LogP contribution in [0.4, 0.5) is 0 Å². The van der Waals surface area contributed by atoms with Gasteiger partial charge in [0.2, 0.25) is 0 Å². The minimum absolute atomic E-state index is 0. The third-order valence-electron chi connectivity index (χ3n) is 3.77. The summed E-state index contributed by atoms with van der Waals surface area (Å²) in [6.07, 6.45) is 9.01. The quantitative estimate of drug-likeness (QED) is 0.295. The molecular weight excluding hydrogens is 409 g/mol. The first-order valence-corrected chi connectivity index (χ1v) is 13.3. The summed E-state index contributed by atoms with van der Waals surface area (Å²) >= 11 is 0. The van der Waals surface area contributed by atoms with E-state index in [4.69, 9.17) is 0 Å². The van der Waals surface area contributed by atoms with Crippen molar-refractivity contribution in [2.24, 2.45) is 0 Å². The fourth-order valence-corrected chi connectivity index (χ4v) is 8.47. The number of hydrogen-bond donors (Lipinski definition) is 0. The fourth-order valence-electron chi connectivity index (χ4n) is 2.41. The van der Waals surface area contributed by atoms with Gasteiger partial charge in [-0.1, -0.05) is 56.0 Å². The van der Waals surface area contributed by atoms with Crippen molar-refractivity contribution in [2.75, 3.05) is 11.5 Å². The second-order valence-electron chi connectivity index (χ2n) is 5.89. The van der Waals surface area contributed by atoms with Crippen LogP contribution in [-0.4, -0.2) is 57.0 Å². The molecule has 0 unspecified atom stereocenters. The normalized spacial score (nSPS) is 21.9. The predicted molar refractivity (Wildman–Crippen MR) is 110 cm³/mol. The zero-order valence-corrected chi connectivity index (χ0v) is 19.3. The van der Waals surface area contributed by atoms with Gasteiger partial charge >= 0.3 is 23.1 Å². The molecule has 0 saturated carbocycles. The first-order valence-electron chi connectivity index (χ1n) is 8.54. The molecule has 2 aliphatic heterocycles. The van der Waals surface area contributed by atoms with Crippen LogP contribution in [0.3, 0.4) is 0 Å². The van der Waals surface area contributed by atoms with E-state index in [0.717, 1.165) is 36.2 Å². The van der Waals surface area contributed by atoms with Crippen molar-refractivity contribution in [1.82, 2.24) is 0 Å². The van der Waals surface area contributed by atoms with Gasteiger partial charge in [0.1, 0.15) is 0 Å². The zero-order valence-electron chi connectivity index (χ0n) is 14.6. The molecule has 0 aromatic heterocycles. The van der Waals surface area contributed by atoms with Crippen LogP contribution in [-0.2, 0) is 9.59 Å². The Kier molecular flexibility index (Phi) is 18.0. The molecule has 9 heteroatoms. The summed E-state index contributed by atoms with van der Waals surface area (Å²) < 4.78 is 0. The van der Waals surface area contributed by atoms with E-state index < -0.39 is 11.9 Å². The maximum Gasteiger partial charge on any atom is 2.00 e. The molecule has 0 amide bonds. The third-order valence-corrected chi connectivity index (χ3v) is 9.78. The summed E-state index contributed by atoms with van der Waals surface area (Å²) in [5, 5.41) is 21.7. The molecule has 140 valence electrons. The maximum atomic E-state index is 10.1. The van der Waals surface area contributed by atoms with Crippen LogP contribution in [0.2, 0.25) is 0 Å². The van der Waals surface area contributed by atoms with E-state index in [1.165, 1.54) is 37.2 Å². The number of rotatable bonds is 10. The minimum Gasteiger partial charge on any atom is -0.550 e. The molecule has 2 fully saturated rings. The molecule has 0 bridgehead atoms. The van der Waals surface area contributed by atoms with Crippen molar-refractivity contribution >= 4 is 78.2 Å². The molecule has 2 saturated heterocycles. The number of carboxylic acid groups (broad SMARTS) is 2. The molecular formula is C16H26MgO4S4. The largest absolute Gasteiger partial charge is 2.00 e. The van der Waals surface area contributed by atoms with Crippen molar-refractivity contribution in [1.29, 1.82) is 0 Å². The van der Waals surface area contributed by atoms with Gasteiger partial charge in [-0.2, -0.15) is 0 Å². The minimum atomic E-state index is -0.913. The Hall–Kier alpha value is 1.11. The molecule has 2 aliphatic rings. The van der Waals surface area contributed by atoms with E-state index in [2.05, 4.69) is 0 Å².